The summed E-state index contributed by atoms with van der Waals surface area (Å²) in [4.78, 5) is 55.4. The zero-order valence-corrected chi connectivity index (χ0v) is 17.4. The number of aromatic nitrogens is 2. The number of aliphatic hydroxyl groups is 2. The highest BCUT2D eigenvalue weighted by Gasteiger charge is 2.32. The van der Waals surface area contributed by atoms with E-state index in [2.05, 4.69) is 25.9 Å². The average Bonchev–Trinajstić information content (AvgIpc) is 3.26. The second-order valence-electron chi connectivity index (χ2n) is 7.08. The molecule has 0 aliphatic heterocycles. The van der Waals surface area contributed by atoms with Crippen molar-refractivity contribution in [3.8, 4) is 0 Å². The third kappa shape index (κ3) is 7.96. The Hall–Kier alpha value is -3.03. The number of carbonyl (C=O) groups is 4. The molecule has 0 spiro atoms. The number of carbonyl (C=O) groups excluding carboxylic acids is 3. The molecule has 5 atom stereocenters. The third-order valence-electron chi connectivity index (χ3n) is 4.74. The molecule has 0 aliphatic carbocycles. The molecular formula is C18H30N6O7. The van der Waals surface area contributed by atoms with Gasteiger partial charge in [-0.05, 0) is 5.92 Å². The van der Waals surface area contributed by atoms with Crippen LogP contribution in [-0.4, -0.2) is 86.4 Å². The van der Waals surface area contributed by atoms with Gasteiger partial charge in [-0.25, -0.2) is 9.78 Å². The highest BCUT2D eigenvalue weighted by atomic mass is 16.4. The number of carboxylic acid groups (broad SMARTS) is 1. The first-order valence-corrected chi connectivity index (χ1v) is 9.72. The maximum Gasteiger partial charge on any atom is 0.328 e. The van der Waals surface area contributed by atoms with Crippen LogP contribution in [0, 0.1) is 5.92 Å². The Labute approximate surface area is 178 Å². The van der Waals surface area contributed by atoms with E-state index in [1.165, 1.54) is 12.5 Å². The number of rotatable bonds is 13. The van der Waals surface area contributed by atoms with Gasteiger partial charge in [0.2, 0.25) is 17.7 Å². The molecule has 1 rings (SSSR count). The van der Waals surface area contributed by atoms with Crippen molar-refractivity contribution in [3.05, 3.63) is 18.2 Å². The molecule has 3 amide bonds. The first-order chi connectivity index (χ1) is 14.6. The molecule has 0 aromatic carbocycles. The van der Waals surface area contributed by atoms with E-state index in [0.29, 0.717) is 12.1 Å². The maximum absolute atomic E-state index is 12.9. The number of nitrogens with zero attached hydrogens (tertiary/aromatic N) is 1. The minimum atomic E-state index is -1.55. The molecule has 0 aliphatic rings. The van der Waals surface area contributed by atoms with Crippen LogP contribution in [-0.2, 0) is 25.6 Å². The van der Waals surface area contributed by atoms with Gasteiger partial charge in [0, 0.05) is 18.3 Å². The monoisotopic (exact) mass is 442 g/mol. The van der Waals surface area contributed by atoms with Crippen LogP contribution in [0.1, 0.15) is 26.0 Å². The van der Waals surface area contributed by atoms with E-state index < -0.39 is 61.1 Å². The number of nitrogens with one attached hydrogen (secondary N) is 4. The summed E-state index contributed by atoms with van der Waals surface area (Å²) in [5.41, 5.74) is 5.99. The van der Waals surface area contributed by atoms with E-state index in [-0.39, 0.29) is 12.3 Å². The fourth-order valence-electron chi connectivity index (χ4n) is 2.59. The molecule has 13 heteroatoms. The summed E-state index contributed by atoms with van der Waals surface area (Å²) in [6, 6.07) is -5.05. The van der Waals surface area contributed by atoms with Crippen LogP contribution in [0.3, 0.4) is 0 Å². The van der Waals surface area contributed by atoms with Crippen molar-refractivity contribution >= 4 is 23.7 Å². The highest BCUT2D eigenvalue weighted by Crippen LogP contribution is 2.10. The lowest BCUT2D eigenvalue weighted by atomic mass is 9.97. The third-order valence-corrected chi connectivity index (χ3v) is 4.74. The number of amides is 3. The molecular weight excluding hydrogens is 412 g/mol. The first-order valence-electron chi connectivity index (χ1n) is 9.72. The summed E-state index contributed by atoms with van der Waals surface area (Å²) in [6.45, 7) is 2.07. The zero-order chi connectivity index (χ0) is 23.6. The summed E-state index contributed by atoms with van der Waals surface area (Å²) >= 11 is 0. The minimum Gasteiger partial charge on any atom is -0.480 e. The number of hydrogen-bond acceptors (Lipinski definition) is 8. The van der Waals surface area contributed by atoms with Crippen molar-refractivity contribution in [1.29, 1.82) is 0 Å². The molecule has 174 valence electrons. The summed E-state index contributed by atoms with van der Waals surface area (Å²) < 4.78 is 0. The number of H-pyrrole nitrogens is 1. The predicted molar refractivity (Wildman–Crippen MR) is 107 cm³/mol. The average molecular weight is 442 g/mol. The lowest BCUT2D eigenvalue weighted by Crippen LogP contribution is -2.59. The molecule has 0 saturated heterocycles. The number of aliphatic carboxylic acids is 1. The molecule has 0 fully saturated rings. The van der Waals surface area contributed by atoms with Gasteiger partial charge >= 0.3 is 5.97 Å². The summed E-state index contributed by atoms with van der Waals surface area (Å²) in [6.07, 6.45) is 3.27. The van der Waals surface area contributed by atoms with Crippen molar-refractivity contribution in [3.63, 3.8) is 0 Å². The highest BCUT2D eigenvalue weighted by molar-refractivity contribution is 5.94. The largest absolute Gasteiger partial charge is 0.480 e. The van der Waals surface area contributed by atoms with Gasteiger partial charge < -0.3 is 42.0 Å². The topological polar surface area (TPSA) is 220 Å². The smallest absolute Gasteiger partial charge is 0.328 e. The Balaban J connectivity index is 3.04. The normalized spacial score (nSPS) is 15.8. The fraction of sp³-hybridized carbons (Fsp3) is 0.611. The number of aliphatic hydroxyl groups excluding tert-OH is 2. The molecule has 13 nitrogen and oxygen atoms in total. The second kappa shape index (κ2) is 12.6. The molecule has 0 bridgehead atoms. The lowest BCUT2D eigenvalue weighted by Gasteiger charge is -2.27. The molecule has 9 N–H and O–H groups in total. The van der Waals surface area contributed by atoms with Crippen LogP contribution in [0.4, 0.5) is 0 Å². The number of aromatic amines is 1. The van der Waals surface area contributed by atoms with Crippen molar-refractivity contribution in [1.82, 2.24) is 25.9 Å². The molecule has 1 heterocycles. The predicted octanol–water partition coefficient (Wildman–Crippen LogP) is -3.15. The van der Waals surface area contributed by atoms with Gasteiger partial charge in [-0.1, -0.05) is 20.3 Å². The second-order valence-corrected chi connectivity index (χ2v) is 7.08. The van der Waals surface area contributed by atoms with Crippen molar-refractivity contribution in [2.75, 3.05) is 13.2 Å². The van der Waals surface area contributed by atoms with Crippen molar-refractivity contribution < 1.29 is 34.5 Å². The number of hydrogen-bond donors (Lipinski definition) is 8. The van der Waals surface area contributed by atoms with E-state index in [9.17, 15) is 19.2 Å². The number of carboxylic acids is 1. The van der Waals surface area contributed by atoms with Gasteiger partial charge in [0.1, 0.15) is 24.2 Å². The fourth-order valence-corrected chi connectivity index (χ4v) is 2.59. The Bertz CT molecular complexity index is 742. The van der Waals surface area contributed by atoms with E-state index in [1.807, 2.05) is 0 Å². The number of nitrogens with two attached hydrogens (primary N) is 1. The summed E-state index contributed by atoms with van der Waals surface area (Å²) in [5.74, 6) is -4.04. The summed E-state index contributed by atoms with van der Waals surface area (Å²) in [7, 11) is 0. The molecule has 1 aromatic rings. The van der Waals surface area contributed by atoms with E-state index in [0.717, 1.165) is 0 Å². The standard InChI is InChI=1S/C18H30N6O7/c1-3-9(2)14(24-15(27)11(19)6-25)17(29)22-12(4-10-5-20-8-21-10)16(28)23-13(7-26)18(30)31/h5,8-9,11-14,25-26H,3-4,6-7,19H2,1-2H3,(H,20,21)(H,22,29)(H,23,28)(H,24,27)(H,30,31). The van der Waals surface area contributed by atoms with Crippen LogP contribution >= 0.6 is 0 Å². The molecule has 5 unspecified atom stereocenters. The SMILES string of the molecule is CCC(C)C(NC(=O)C(N)CO)C(=O)NC(Cc1cnc[nH]1)C(=O)NC(CO)C(=O)O. The van der Waals surface area contributed by atoms with Gasteiger partial charge in [-0.2, -0.15) is 0 Å². The van der Waals surface area contributed by atoms with Gasteiger partial charge in [-0.3, -0.25) is 14.4 Å². The van der Waals surface area contributed by atoms with Crippen LogP contribution in [0.25, 0.3) is 0 Å². The van der Waals surface area contributed by atoms with Crippen LogP contribution in [0.2, 0.25) is 0 Å². The quantitative estimate of drug-likeness (QED) is 0.154. The number of imidazole rings is 1. The minimum absolute atomic E-state index is 0.0489. The van der Waals surface area contributed by atoms with Gasteiger partial charge in [0.05, 0.1) is 19.5 Å². The zero-order valence-electron chi connectivity index (χ0n) is 17.4. The van der Waals surface area contributed by atoms with Crippen LogP contribution < -0.4 is 21.7 Å². The van der Waals surface area contributed by atoms with E-state index in [1.54, 1.807) is 13.8 Å². The first kappa shape index (κ1) is 26.0. The van der Waals surface area contributed by atoms with Crippen molar-refractivity contribution in [2.24, 2.45) is 11.7 Å². The van der Waals surface area contributed by atoms with Crippen LogP contribution in [0.15, 0.2) is 12.5 Å². The summed E-state index contributed by atoms with van der Waals surface area (Å²) in [5, 5.41) is 34.4. The van der Waals surface area contributed by atoms with E-state index in [4.69, 9.17) is 21.1 Å². The Morgan fingerprint density at radius 1 is 1.06 bits per heavy atom. The molecule has 31 heavy (non-hydrogen) atoms. The van der Waals surface area contributed by atoms with Crippen LogP contribution in [0.5, 0.6) is 0 Å². The van der Waals surface area contributed by atoms with E-state index >= 15 is 0 Å². The molecule has 1 aromatic heterocycles. The lowest BCUT2D eigenvalue weighted by molar-refractivity contribution is -0.143. The Morgan fingerprint density at radius 2 is 1.71 bits per heavy atom. The Kier molecular flexibility index (Phi) is 10.6. The van der Waals surface area contributed by atoms with Gasteiger partial charge in [0.25, 0.3) is 0 Å². The van der Waals surface area contributed by atoms with Gasteiger partial charge in [-0.15, -0.1) is 0 Å². The maximum atomic E-state index is 12.9. The van der Waals surface area contributed by atoms with Crippen molar-refractivity contribution in [2.45, 2.75) is 50.9 Å². The molecule has 0 saturated carbocycles. The van der Waals surface area contributed by atoms with Gasteiger partial charge in [0.15, 0.2) is 0 Å². The Morgan fingerprint density at radius 3 is 2.19 bits per heavy atom. The molecule has 0 radical (unpaired) electrons.